The number of aromatic amines is 4. The molecule has 4 aliphatic carbocycles. The minimum Gasteiger partial charge on any atom is -0.365 e. The van der Waals surface area contributed by atoms with Gasteiger partial charge in [-0.2, -0.15) is 0 Å². The SMILES string of the molecule is [Al][c]1nc(C23CC4(c5n[c]([Al])[c]([Al])[nH]5)CC(c5n[c]([Al])[c]([Al])[nH]5)(C2)CC(c2n[c]([Al])[c]([Al])[nH]2)(C3)C4)[nH][c]1[Al]. The highest BCUT2D eigenvalue weighted by molar-refractivity contribution is 6.48. The van der Waals surface area contributed by atoms with Crippen LogP contribution in [0.1, 0.15) is 61.8 Å². The first-order valence-corrected chi connectivity index (χ1v) is 17.0. The van der Waals surface area contributed by atoms with Gasteiger partial charge in [-0.05, 0) is 38.5 Å². The molecule has 0 aliphatic heterocycles. The summed E-state index contributed by atoms with van der Waals surface area (Å²) in [5.41, 5.74) is -0.803. The predicted octanol–water partition coefficient (Wildman–Crippen LogP) is -6.64. The number of hydrogen-bond donors (Lipinski definition) is 4. The van der Waals surface area contributed by atoms with Crippen LogP contribution in [0.2, 0.25) is 0 Å². The van der Waals surface area contributed by atoms with Gasteiger partial charge < -0.3 is 19.9 Å². The fourth-order valence-corrected chi connectivity index (χ4v) is 9.86. The second-order valence-corrected chi connectivity index (χ2v) is 16.2. The van der Waals surface area contributed by atoms with Crippen molar-refractivity contribution in [3.63, 3.8) is 0 Å². The van der Waals surface area contributed by atoms with Gasteiger partial charge in [-0.25, -0.2) is 0 Å². The van der Waals surface area contributed by atoms with Crippen molar-refractivity contribution in [2.45, 2.75) is 60.2 Å². The molecule has 0 aromatic carbocycles. The molecule has 168 valence electrons. The first-order valence-electron chi connectivity index (χ1n) is 12.3. The molecule has 8 nitrogen and oxygen atoms in total. The summed E-state index contributed by atoms with van der Waals surface area (Å²) in [6.45, 7) is 0. The average Bonchev–Trinajstić information content (AvgIpc) is 3.57. The van der Waals surface area contributed by atoms with Gasteiger partial charge in [0.15, 0.2) is 0 Å². The third kappa shape index (κ3) is 4.06. The molecule has 0 saturated heterocycles. The van der Waals surface area contributed by atoms with Crippen LogP contribution < -0.4 is 36.4 Å². The van der Waals surface area contributed by atoms with E-state index in [-0.39, 0.29) is 21.7 Å². The minimum atomic E-state index is -0.201. The molecule has 4 aromatic rings. The summed E-state index contributed by atoms with van der Waals surface area (Å²) in [6, 6.07) is 0. The predicted molar refractivity (Wildman–Crippen MR) is 152 cm³/mol. The van der Waals surface area contributed by atoms with Crippen LogP contribution in [0.5, 0.6) is 0 Å². The molecule has 0 unspecified atom stereocenters. The Labute approximate surface area is 286 Å². The number of imidazole rings is 4. The van der Waals surface area contributed by atoms with Gasteiger partial charge in [-0.15, -0.1) is 0 Å². The second kappa shape index (κ2) is 9.30. The molecule has 4 aliphatic rings. The van der Waals surface area contributed by atoms with E-state index in [0.717, 1.165) is 98.3 Å². The lowest BCUT2D eigenvalue weighted by molar-refractivity contribution is -0.0801. The van der Waals surface area contributed by atoms with Crippen molar-refractivity contribution in [2.24, 2.45) is 0 Å². The Bertz CT molecular complexity index is 1270. The van der Waals surface area contributed by atoms with Crippen molar-refractivity contribution < 1.29 is 0 Å². The first-order chi connectivity index (χ1) is 17.9. The fraction of sp³-hybridized carbons (Fsp3) is 0.455. The van der Waals surface area contributed by atoms with Crippen LogP contribution in [0.25, 0.3) is 0 Å². The van der Waals surface area contributed by atoms with Crippen LogP contribution in [-0.4, -0.2) is 170 Å². The van der Waals surface area contributed by atoms with E-state index in [1.807, 2.05) is 0 Å². The van der Waals surface area contributed by atoms with E-state index in [1.165, 1.54) is 0 Å². The zero-order chi connectivity index (χ0) is 26.8. The number of aromatic nitrogens is 8. The van der Waals surface area contributed by atoms with Gasteiger partial charge in [0.1, 0.15) is 23.3 Å². The summed E-state index contributed by atoms with van der Waals surface area (Å²) in [5.74, 6) is 4.23. The van der Waals surface area contributed by atoms with Gasteiger partial charge in [0.25, 0.3) is 0 Å². The van der Waals surface area contributed by atoms with E-state index in [1.54, 1.807) is 0 Å². The van der Waals surface area contributed by atoms with E-state index < -0.39 is 0 Å². The molecule has 4 heterocycles. The molecular formula is C22H16Al8N8. The van der Waals surface area contributed by atoms with Crippen LogP contribution in [0.3, 0.4) is 0 Å². The highest BCUT2D eigenvalue weighted by Gasteiger charge is 2.72. The molecule has 4 saturated carbocycles. The molecule has 4 aromatic heterocycles. The highest BCUT2D eigenvalue weighted by atomic mass is 27.1. The molecule has 0 spiro atoms. The van der Waals surface area contributed by atoms with E-state index in [2.05, 4.69) is 150 Å². The number of rotatable bonds is 4. The van der Waals surface area contributed by atoms with E-state index >= 15 is 0 Å². The Morgan fingerprint density at radius 1 is 0.368 bits per heavy atom. The maximum absolute atomic E-state index is 5.11. The summed E-state index contributed by atoms with van der Waals surface area (Å²) >= 11 is 22.4. The van der Waals surface area contributed by atoms with Gasteiger partial charge in [0.2, 0.25) is 130 Å². The summed E-state index contributed by atoms with van der Waals surface area (Å²) in [6.07, 6.45) is 5.82. The highest BCUT2D eigenvalue weighted by Crippen LogP contribution is 2.73. The third-order valence-electron chi connectivity index (χ3n) is 9.12. The lowest BCUT2D eigenvalue weighted by Crippen LogP contribution is -2.68. The van der Waals surface area contributed by atoms with Gasteiger partial charge in [0.05, 0.1) is 0 Å². The molecule has 0 amide bonds. The zero-order valence-corrected chi connectivity index (χ0v) is 29.9. The van der Waals surface area contributed by atoms with Crippen molar-refractivity contribution >= 4 is 167 Å². The molecule has 16 heteroatoms. The first kappa shape index (κ1) is 27.9. The Morgan fingerprint density at radius 3 is 0.684 bits per heavy atom. The topological polar surface area (TPSA) is 115 Å². The van der Waals surface area contributed by atoms with E-state index in [0.29, 0.717) is 0 Å². The third-order valence-corrected chi connectivity index (χ3v) is 14.0. The van der Waals surface area contributed by atoms with Crippen molar-refractivity contribution in [1.82, 2.24) is 39.9 Å². The van der Waals surface area contributed by atoms with Crippen LogP contribution in [-0.2, 0) is 21.7 Å². The molecule has 8 rings (SSSR count). The zero-order valence-electron chi connectivity index (χ0n) is 20.7. The smallest absolute Gasteiger partial charge is 0.210 e. The number of nitrogens with zero attached hydrogens (tertiary/aromatic N) is 4. The average molecular weight is 608 g/mol. The maximum Gasteiger partial charge on any atom is 0.210 e. The van der Waals surface area contributed by atoms with Gasteiger partial charge in [-0.1, -0.05) is 36.4 Å². The lowest BCUT2D eigenvalue weighted by atomic mass is 9.34. The van der Waals surface area contributed by atoms with Crippen molar-refractivity contribution in [3.05, 3.63) is 23.3 Å². The van der Waals surface area contributed by atoms with Gasteiger partial charge >= 0.3 is 0 Å². The van der Waals surface area contributed by atoms with E-state index in [9.17, 15) is 0 Å². The molecule has 4 N–H and O–H groups in total. The fourth-order valence-electron chi connectivity index (χ4n) is 8.25. The van der Waals surface area contributed by atoms with Crippen LogP contribution >= 0.6 is 0 Å². The Morgan fingerprint density at radius 2 is 0.553 bits per heavy atom. The van der Waals surface area contributed by atoms with Crippen LogP contribution in [0.15, 0.2) is 0 Å². The number of nitrogens with one attached hydrogen (secondary N) is 4. The lowest BCUT2D eigenvalue weighted by Gasteiger charge is -2.68. The summed E-state index contributed by atoms with van der Waals surface area (Å²) < 4.78 is 7.87. The van der Waals surface area contributed by atoms with Gasteiger partial charge in [0, 0.05) is 21.7 Å². The Balaban J connectivity index is 1.54. The monoisotopic (exact) mass is 608 g/mol. The van der Waals surface area contributed by atoms with E-state index in [4.69, 9.17) is 19.9 Å². The van der Waals surface area contributed by atoms with Crippen molar-refractivity contribution in [3.8, 4) is 0 Å². The minimum absolute atomic E-state index is 0.201. The molecule has 4 fully saturated rings. The van der Waals surface area contributed by atoms with Crippen LogP contribution in [0.4, 0.5) is 0 Å². The number of hydrogen-bond acceptors (Lipinski definition) is 4. The summed E-state index contributed by atoms with van der Waals surface area (Å²) in [5, 5.41) is 0. The second-order valence-electron chi connectivity index (χ2n) is 11.7. The Kier molecular flexibility index (Phi) is 6.83. The normalized spacial score (nSPS) is 31.8. The van der Waals surface area contributed by atoms with Crippen molar-refractivity contribution in [2.75, 3.05) is 0 Å². The molecule has 16 radical (unpaired) electrons. The standard InChI is InChI=1S/C22H16N8.8Al/c1-2-24-15(23-1)19-9-20(16-25-3-4-26-16)12-21(10-19,17-27-5-6-28-17)14-22(11-19,13-20)18-29-7-8-30-18;;;;;;;;/h9-14H2,(H,23,24)(H,25,26)(H,27,28)(H,29,30);;;;;;;;. The molecule has 38 heavy (non-hydrogen) atoms. The summed E-state index contributed by atoms with van der Waals surface area (Å²) in [4.78, 5) is 35.1. The quantitative estimate of drug-likeness (QED) is 0.173. The molecular weight excluding hydrogens is 592 g/mol. The Hall–Kier alpha value is 1.10. The molecule has 4 bridgehead atoms. The van der Waals surface area contributed by atoms with Crippen molar-refractivity contribution in [1.29, 1.82) is 0 Å². The largest absolute Gasteiger partial charge is 0.365 e. The maximum atomic E-state index is 5.11. The summed E-state index contributed by atoms with van der Waals surface area (Å²) in [7, 11) is 0. The molecule has 0 atom stereocenters. The van der Waals surface area contributed by atoms with Crippen LogP contribution in [0, 0.1) is 0 Å². The number of H-pyrrole nitrogens is 4. The van der Waals surface area contributed by atoms with Gasteiger partial charge in [-0.3, -0.25) is 19.9 Å².